The van der Waals surface area contributed by atoms with Gasteiger partial charge in [0, 0.05) is 21.9 Å². The Labute approximate surface area is 109 Å². The summed E-state index contributed by atoms with van der Waals surface area (Å²) in [7, 11) is 0. The number of ether oxygens (including phenoxy) is 1. The maximum Gasteiger partial charge on any atom is 0.328 e. The standard InChI is InChI=1S/C14H11ClO3/c15-12-7-8-13(18-9-3-6-14(16)17)11-5-2-1-4-10(11)12/h1-8H,9H2,(H,16,17)/b6-3+. The van der Waals surface area contributed by atoms with Gasteiger partial charge in [-0.3, -0.25) is 0 Å². The van der Waals surface area contributed by atoms with Gasteiger partial charge in [-0.1, -0.05) is 35.9 Å². The molecule has 0 saturated carbocycles. The van der Waals surface area contributed by atoms with Crippen molar-refractivity contribution in [2.75, 3.05) is 6.61 Å². The average molecular weight is 263 g/mol. The van der Waals surface area contributed by atoms with Gasteiger partial charge in [0.2, 0.25) is 0 Å². The first-order chi connectivity index (χ1) is 8.68. The molecule has 0 aliphatic rings. The minimum atomic E-state index is -0.987. The number of hydrogen-bond donors (Lipinski definition) is 1. The second-order valence-electron chi connectivity index (χ2n) is 3.64. The lowest BCUT2D eigenvalue weighted by Crippen LogP contribution is -1.96. The van der Waals surface area contributed by atoms with E-state index in [2.05, 4.69) is 0 Å². The van der Waals surface area contributed by atoms with Crippen LogP contribution in [0, 0.1) is 0 Å². The summed E-state index contributed by atoms with van der Waals surface area (Å²) >= 11 is 6.08. The normalized spacial score (nSPS) is 10.9. The van der Waals surface area contributed by atoms with Gasteiger partial charge in [-0.05, 0) is 18.2 Å². The first kappa shape index (κ1) is 12.5. The molecule has 4 heteroatoms. The summed E-state index contributed by atoms with van der Waals surface area (Å²) in [6, 6.07) is 11.2. The molecule has 0 radical (unpaired) electrons. The van der Waals surface area contributed by atoms with E-state index in [4.69, 9.17) is 21.4 Å². The molecule has 18 heavy (non-hydrogen) atoms. The Bertz CT molecular complexity index is 605. The van der Waals surface area contributed by atoms with Crippen molar-refractivity contribution in [3.63, 3.8) is 0 Å². The lowest BCUT2D eigenvalue weighted by Gasteiger charge is -2.08. The molecule has 2 rings (SSSR count). The molecule has 0 bridgehead atoms. The quantitative estimate of drug-likeness (QED) is 0.858. The van der Waals surface area contributed by atoms with Gasteiger partial charge in [0.15, 0.2) is 0 Å². The van der Waals surface area contributed by atoms with Crippen molar-refractivity contribution >= 4 is 28.3 Å². The predicted molar refractivity (Wildman–Crippen MR) is 71.2 cm³/mol. The Kier molecular flexibility index (Phi) is 3.85. The van der Waals surface area contributed by atoms with Crippen molar-refractivity contribution in [2.24, 2.45) is 0 Å². The monoisotopic (exact) mass is 262 g/mol. The molecule has 0 saturated heterocycles. The minimum absolute atomic E-state index is 0.206. The molecule has 2 aromatic carbocycles. The van der Waals surface area contributed by atoms with E-state index in [9.17, 15) is 4.79 Å². The van der Waals surface area contributed by atoms with Crippen molar-refractivity contribution < 1.29 is 14.6 Å². The zero-order valence-electron chi connectivity index (χ0n) is 9.47. The van der Waals surface area contributed by atoms with Crippen LogP contribution in [-0.4, -0.2) is 17.7 Å². The number of hydrogen-bond acceptors (Lipinski definition) is 2. The van der Waals surface area contributed by atoms with E-state index in [0.29, 0.717) is 10.8 Å². The molecule has 0 aliphatic carbocycles. The molecule has 0 atom stereocenters. The smallest absolute Gasteiger partial charge is 0.328 e. The third-order valence-electron chi connectivity index (χ3n) is 2.43. The maximum absolute atomic E-state index is 10.3. The summed E-state index contributed by atoms with van der Waals surface area (Å²) < 4.78 is 5.52. The van der Waals surface area contributed by atoms with Crippen LogP contribution < -0.4 is 4.74 Å². The van der Waals surface area contributed by atoms with E-state index in [1.807, 2.05) is 24.3 Å². The number of halogens is 1. The van der Waals surface area contributed by atoms with E-state index in [1.165, 1.54) is 6.08 Å². The van der Waals surface area contributed by atoms with Crippen LogP contribution in [0.15, 0.2) is 48.6 Å². The molecule has 0 spiro atoms. The maximum atomic E-state index is 10.3. The van der Waals surface area contributed by atoms with Crippen molar-refractivity contribution in [3.05, 3.63) is 53.6 Å². The van der Waals surface area contributed by atoms with Crippen molar-refractivity contribution in [1.29, 1.82) is 0 Å². The molecule has 0 aromatic heterocycles. The van der Waals surface area contributed by atoms with E-state index in [1.54, 1.807) is 12.1 Å². The molecule has 1 N–H and O–H groups in total. The van der Waals surface area contributed by atoms with Crippen LogP contribution in [0.1, 0.15) is 0 Å². The van der Waals surface area contributed by atoms with E-state index in [-0.39, 0.29) is 6.61 Å². The van der Waals surface area contributed by atoms with Crippen molar-refractivity contribution in [2.45, 2.75) is 0 Å². The van der Waals surface area contributed by atoms with Crippen molar-refractivity contribution in [1.82, 2.24) is 0 Å². The summed E-state index contributed by atoms with van der Waals surface area (Å²) in [4.78, 5) is 10.3. The fourth-order valence-electron chi connectivity index (χ4n) is 1.65. The zero-order valence-corrected chi connectivity index (χ0v) is 10.2. The second-order valence-corrected chi connectivity index (χ2v) is 4.05. The SMILES string of the molecule is O=C(O)/C=C/COc1ccc(Cl)c2ccccc12. The Morgan fingerprint density at radius 3 is 2.67 bits per heavy atom. The predicted octanol–water partition coefficient (Wildman–Crippen LogP) is 3.51. The number of carboxylic acids is 1. The van der Waals surface area contributed by atoms with Crippen LogP contribution in [0.5, 0.6) is 5.75 Å². The number of carbonyl (C=O) groups is 1. The summed E-state index contributed by atoms with van der Waals surface area (Å²) in [5, 5.41) is 11.0. The fourth-order valence-corrected chi connectivity index (χ4v) is 1.88. The minimum Gasteiger partial charge on any atom is -0.489 e. The van der Waals surface area contributed by atoms with Crippen LogP contribution >= 0.6 is 11.6 Å². The van der Waals surface area contributed by atoms with Crippen LogP contribution in [0.3, 0.4) is 0 Å². The van der Waals surface area contributed by atoms with Gasteiger partial charge in [-0.2, -0.15) is 0 Å². The highest BCUT2D eigenvalue weighted by Gasteiger charge is 2.04. The highest BCUT2D eigenvalue weighted by Crippen LogP contribution is 2.31. The Morgan fingerprint density at radius 1 is 1.22 bits per heavy atom. The third-order valence-corrected chi connectivity index (χ3v) is 2.76. The lowest BCUT2D eigenvalue weighted by atomic mass is 10.1. The van der Waals surface area contributed by atoms with E-state index < -0.39 is 5.97 Å². The molecule has 0 aliphatic heterocycles. The lowest BCUT2D eigenvalue weighted by molar-refractivity contribution is -0.131. The highest BCUT2D eigenvalue weighted by molar-refractivity contribution is 6.35. The van der Waals surface area contributed by atoms with Gasteiger partial charge in [-0.25, -0.2) is 4.79 Å². The van der Waals surface area contributed by atoms with Gasteiger partial charge in [-0.15, -0.1) is 0 Å². The second kappa shape index (κ2) is 5.56. The van der Waals surface area contributed by atoms with Crippen LogP contribution in [0.4, 0.5) is 0 Å². The molecule has 0 unspecified atom stereocenters. The molecule has 3 nitrogen and oxygen atoms in total. The van der Waals surface area contributed by atoms with Gasteiger partial charge in [0.1, 0.15) is 12.4 Å². The molecule has 0 amide bonds. The molecule has 0 fully saturated rings. The zero-order chi connectivity index (χ0) is 13.0. The van der Waals surface area contributed by atoms with Gasteiger partial charge in [0.25, 0.3) is 0 Å². The highest BCUT2D eigenvalue weighted by atomic mass is 35.5. The van der Waals surface area contributed by atoms with Crippen LogP contribution in [-0.2, 0) is 4.79 Å². The Balaban J connectivity index is 2.24. The Hall–Kier alpha value is -2.00. The molecule has 0 heterocycles. The first-order valence-electron chi connectivity index (χ1n) is 5.38. The first-order valence-corrected chi connectivity index (χ1v) is 5.76. The number of rotatable bonds is 4. The summed E-state index contributed by atoms with van der Waals surface area (Å²) in [6.45, 7) is 0.206. The molecule has 2 aromatic rings. The summed E-state index contributed by atoms with van der Waals surface area (Å²) in [5.74, 6) is -0.301. The van der Waals surface area contributed by atoms with E-state index in [0.717, 1.165) is 16.8 Å². The van der Waals surface area contributed by atoms with Gasteiger partial charge >= 0.3 is 5.97 Å². The van der Waals surface area contributed by atoms with Gasteiger partial charge < -0.3 is 9.84 Å². The number of fused-ring (bicyclic) bond motifs is 1. The average Bonchev–Trinajstić information content (AvgIpc) is 2.37. The third kappa shape index (κ3) is 2.81. The topological polar surface area (TPSA) is 46.5 Å². The number of carboxylic acid groups (broad SMARTS) is 1. The van der Waals surface area contributed by atoms with Crippen LogP contribution in [0.2, 0.25) is 5.02 Å². The Morgan fingerprint density at radius 2 is 1.94 bits per heavy atom. The number of aliphatic carboxylic acids is 1. The van der Waals surface area contributed by atoms with E-state index >= 15 is 0 Å². The van der Waals surface area contributed by atoms with Crippen molar-refractivity contribution in [3.8, 4) is 5.75 Å². The summed E-state index contributed by atoms with van der Waals surface area (Å²) in [5.41, 5.74) is 0. The summed E-state index contributed by atoms with van der Waals surface area (Å²) in [6.07, 6.45) is 2.50. The number of benzene rings is 2. The molecular weight excluding hydrogens is 252 g/mol. The largest absolute Gasteiger partial charge is 0.489 e. The van der Waals surface area contributed by atoms with Crippen LogP contribution in [0.25, 0.3) is 10.8 Å². The fraction of sp³-hybridized carbons (Fsp3) is 0.0714. The molecular formula is C14H11ClO3. The van der Waals surface area contributed by atoms with Gasteiger partial charge in [0.05, 0.1) is 0 Å². The molecule has 92 valence electrons.